The van der Waals surface area contributed by atoms with Gasteiger partial charge in [-0.15, -0.1) is 0 Å². The summed E-state index contributed by atoms with van der Waals surface area (Å²) >= 11 is 0. The number of hydrogen-bond donors (Lipinski definition) is 0. The Morgan fingerprint density at radius 2 is 1.04 bits per heavy atom. The molecule has 0 aromatic heterocycles. The fraction of sp³-hybridized carbons (Fsp3) is 0.269. The monoisotopic (exact) mass is 1070 g/mol. The van der Waals surface area contributed by atoms with Gasteiger partial charge in [0.05, 0.1) is 53.9 Å². The standard InChI is InChI=1S/C52H50N10O12S2/c53-57-55-32-46-49(56-58-54)50(71-35-39-21-9-3-10-22-39)51(72-36-40-23-11-4-12-24-40)52(74-46)73-45-30-29-41(59(33-37-17-5-1-6-18-37)75(67,68)47-27-15-13-25-42(47)61(63)64)31-44(45)60(34-38-19-7-2-8-20-38)76(69,70)48-28-16-14-26-43(48)62(65)66/h1-30,41,44-46,49-52H,31-36H2/t41-,44-,45+,46+,49+,50-,51+,52-/m0/s1. The summed E-state index contributed by atoms with van der Waals surface area (Å²) in [5.41, 5.74) is 20.4. The molecule has 8 rings (SSSR count). The maximum atomic E-state index is 15.6. The molecular weight excluding hydrogens is 1020 g/mol. The van der Waals surface area contributed by atoms with E-state index in [-0.39, 0.29) is 19.8 Å². The molecule has 0 N–H and O–H groups in total. The van der Waals surface area contributed by atoms with E-state index < -0.39 is 119 Å². The van der Waals surface area contributed by atoms with Gasteiger partial charge in [0.2, 0.25) is 0 Å². The van der Waals surface area contributed by atoms with Crippen LogP contribution in [0.5, 0.6) is 0 Å². The number of ether oxygens (including phenoxy) is 4. The van der Waals surface area contributed by atoms with Crippen LogP contribution in [0.3, 0.4) is 0 Å². The van der Waals surface area contributed by atoms with Crippen molar-refractivity contribution in [3.8, 4) is 0 Å². The summed E-state index contributed by atoms with van der Waals surface area (Å²) in [4.78, 5) is 28.1. The lowest BCUT2D eigenvalue weighted by atomic mass is 9.93. The van der Waals surface area contributed by atoms with Crippen molar-refractivity contribution in [3.63, 3.8) is 0 Å². The molecule has 1 saturated heterocycles. The molecule has 8 atom stereocenters. The summed E-state index contributed by atoms with van der Waals surface area (Å²) in [6.45, 7) is -1.28. The third-order valence-electron chi connectivity index (χ3n) is 12.8. The molecule has 1 aliphatic heterocycles. The highest BCUT2D eigenvalue weighted by atomic mass is 32.2. The summed E-state index contributed by atoms with van der Waals surface area (Å²) in [6, 6.07) is 40.6. The third kappa shape index (κ3) is 12.8. The predicted octanol–water partition coefficient (Wildman–Crippen LogP) is 9.55. The highest BCUT2D eigenvalue weighted by molar-refractivity contribution is 7.89. The number of azide groups is 2. The first-order valence-electron chi connectivity index (χ1n) is 23.7. The van der Waals surface area contributed by atoms with Crippen LogP contribution in [-0.2, 0) is 65.3 Å². The first-order valence-corrected chi connectivity index (χ1v) is 26.6. The highest BCUT2D eigenvalue weighted by Crippen LogP contribution is 2.39. The van der Waals surface area contributed by atoms with E-state index in [1.54, 1.807) is 72.8 Å². The zero-order chi connectivity index (χ0) is 53.7. The zero-order valence-electron chi connectivity index (χ0n) is 40.4. The van der Waals surface area contributed by atoms with Crippen LogP contribution in [0.25, 0.3) is 20.9 Å². The Labute approximate surface area is 437 Å². The van der Waals surface area contributed by atoms with Crippen molar-refractivity contribution in [2.75, 3.05) is 6.54 Å². The van der Waals surface area contributed by atoms with Crippen molar-refractivity contribution in [2.45, 2.75) is 91.3 Å². The number of hydrogen-bond acceptors (Lipinski definition) is 14. The number of para-hydroxylation sites is 2. The van der Waals surface area contributed by atoms with Gasteiger partial charge in [-0.3, -0.25) is 20.2 Å². The Bertz CT molecular complexity index is 3320. The molecule has 1 aliphatic carbocycles. The Morgan fingerprint density at radius 3 is 1.53 bits per heavy atom. The second kappa shape index (κ2) is 25.1. The van der Waals surface area contributed by atoms with Gasteiger partial charge in [0.1, 0.15) is 12.2 Å². The Hall–Kier alpha value is -7.86. The average Bonchev–Trinajstić information content (AvgIpc) is 3.44. The van der Waals surface area contributed by atoms with Crippen LogP contribution in [0.2, 0.25) is 0 Å². The smallest absolute Gasteiger partial charge is 0.289 e. The number of rotatable bonds is 23. The Morgan fingerprint density at radius 1 is 0.592 bits per heavy atom. The zero-order valence-corrected chi connectivity index (χ0v) is 42.0. The molecule has 1 heterocycles. The second-order valence-electron chi connectivity index (χ2n) is 17.6. The SMILES string of the molecule is [N-]=[N+]=NC[C@H]1O[C@H](O[C@@H]2C=C[C@H](N(Cc3ccccc3)S(=O)(=O)c3ccccc3[N+](=O)[O-])C[C@@H]2N(Cc2ccccc2)S(=O)(=O)c2ccccc2[N+](=O)[O-])[C@H](OCc2ccccc2)[C@@H](OCc2ccccc2)[C@@H]1N=[N+]=[N-]. The molecule has 76 heavy (non-hydrogen) atoms. The molecule has 6 aromatic carbocycles. The van der Waals surface area contributed by atoms with E-state index in [4.69, 9.17) is 18.9 Å². The van der Waals surface area contributed by atoms with E-state index >= 15 is 16.8 Å². The van der Waals surface area contributed by atoms with E-state index in [1.807, 2.05) is 48.5 Å². The molecular formula is C52H50N10O12S2. The topological polar surface area (TPSA) is 295 Å². The van der Waals surface area contributed by atoms with Crippen molar-refractivity contribution in [1.29, 1.82) is 0 Å². The molecule has 0 spiro atoms. The third-order valence-corrected chi connectivity index (χ3v) is 16.6. The van der Waals surface area contributed by atoms with Gasteiger partial charge in [-0.05, 0) is 51.9 Å². The number of nitrogens with zero attached hydrogens (tertiary/aromatic N) is 10. The minimum atomic E-state index is -5.00. The van der Waals surface area contributed by atoms with E-state index in [9.17, 15) is 31.3 Å². The van der Waals surface area contributed by atoms with Crippen LogP contribution < -0.4 is 0 Å². The first-order chi connectivity index (χ1) is 36.8. The average molecular weight is 1070 g/mol. The lowest BCUT2D eigenvalue weighted by Gasteiger charge is -2.47. The molecule has 22 nitrogen and oxygen atoms in total. The van der Waals surface area contributed by atoms with Crippen LogP contribution in [0, 0.1) is 20.2 Å². The summed E-state index contributed by atoms with van der Waals surface area (Å²) in [5, 5.41) is 32.8. The van der Waals surface area contributed by atoms with Crippen LogP contribution in [0.4, 0.5) is 11.4 Å². The maximum absolute atomic E-state index is 15.6. The summed E-state index contributed by atoms with van der Waals surface area (Å²) in [5.74, 6) is 0. The molecule has 0 amide bonds. The molecule has 24 heteroatoms. The van der Waals surface area contributed by atoms with Gasteiger partial charge in [-0.2, -0.15) is 8.61 Å². The first kappa shape index (κ1) is 54.4. The Kier molecular flexibility index (Phi) is 18.0. The van der Waals surface area contributed by atoms with E-state index in [2.05, 4.69) is 20.1 Å². The van der Waals surface area contributed by atoms with Crippen molar-refractivity contribution < 1.29 is 45.6 Å². The Balaban J connectivity index is 1.31. The lowest BCUT2D eigenvalue weighted by molar-refractivity contribution is -0.388. The van der Waals surface area contributed by atoms with Crippen LogP contribution in [0.15, 0.2) is 202 Å². The molecule has 0 bridgehead atoms. The number of sulfonamides is 2. The second-order valence-corrected chi connectivity index (χ2v) is 21.3. The summed E-state index contributed by atoms with van der Waals surface area (Å²) in [7, 11) is -9.84. The van der Waals surface area contributed by atoms with Gasteiger partial charge in [-0.25, -0.2) is 16.8 Å². The number of nitro benzene ring substituents is 2. The van der Waals surface area contributed by atoms with Crippen LogP contribution in [0.1, 0.15) is 28.7 Å². The minimum absolute atomic E-state index is 0.0347. The predicted molar refractivity (Wildman–Crippen MR) is 276 cm³/mol. The highest BCUT2D eigenvalue weighted by Gasteiger charge is 2.51. The largest absolute Gasteiger partial charge is 0.370 e. The van der Waals surface area contributed by atoms with E-state index in [0.717, 1.165) is 38.4 Å². The van der Waals surface area contributed by atoms with Gasteiger partial charge >= 0.3 is 0 Å². The van der Waals surface area contributed by atoms with Crippen LogP contribution in [-0.4, -0.2) is 90.7 Å². The fourth-order valence-corrected chi connectivity index (χ4v) is 12.7. The lowest BCUT2D eigenvalue weighted by Crippen LogP contribution is -2.62. The number of nitro groups is 2. The molecule has 2 aliphatic rings. The van der Waals surface area contributed by atoms with Gasteiger partial charge in [-0.1, -0.05) is 168 Å². The molecule has 392 valence electrons. The number of benzene rings is 6. The quantitative estimate of drug-likeness (QED) is 0.0145. The van der Waals surface area contributed by atoms with Gasteiger partial charge in [0.25, 0.3) is 31.4 Å². The van der Waals surface area contributed by atoms with Crippen molar-refractivity contribution >= 4 is 31.4 Å². The molecule has 1 fully saturated rings. The van der Waals surface area contributed by atoms with Crippen LogP contribution >= 0.6 is 0 Å². The van der Waals surface area contributed by atoms with E-state index in [0.29, 0.717) is 16.7 Å². The fourth-order valence-electron chi connectivity index (χ4n) is 9.17. The summed E-state index contributed by atoms with van der Waals surface area (Å²) < 4.78 is 90.2. The molecule has 0 radical (unpaired) electrons. The molecule has 0 saturated carbocycles. The van der Waals surface area contributed by atoms with Gasteiger partial charge in [0, 0.05) is 41.1 Å². The van der Waals surface area contributed by atoms with Crippen molar-refractivity contribution in [2.24, 2.45) is 10.2 Å². The van der Waals surface area contributed by atoms with Crippen molar-refractivity contribution in [3.05, 3.63) is 245 Å². The van der Waals surface area contributed by atoms with Gasteiger partial charge < -0.3 is 18.9 Å². The maximum Gasteiger partial charge on any atom is 0.289 e. The summed E-state index contributed by atoms with van der Waals surface area (Å²) in [6.07, 6.45) is -4.19. The minimum Gasteiger partial charge on any atom is -0.370 e. The van der Waals surface area contributed by atoms with Crippen molar-refractivity contribution in [1.82, 2.24) is 8.61 Å². The molecule has 6 aromatic rings. The molecule has 0 unspecified atom stereocenters. The van der Waals surface area contributed by atoms with E-state index in [1.165, 1.54) is 36.4 Å². The van der Waals surface area contributed by atoms with Gasteiger partial charge in [0.15, 0.2) is 16.1 Å². The normalized spacial score (nSPS) is 21.6.